The van der Waals surface area contributed by atoms with Gasteiger partial charge in [-0.2, -0.15) is 0 Å². The molecule has 2 saturated heterocycles. The number of nitrogens with two attached hydrogens (primary N) is 1. The third-order valence-electron chi connectivity index (χ3n) is 4.49. The quantitative estimate of drug-likeness (QED) is 0.873. The fraction of sp³-hybridized carbons (Fsp3) is 0.500. The topological polar surface area (TPSA) is 79.1 Å². The first-order valence-electron chi connectivity index (χ1n) is 8.08. The van der Waals surface area contributed by atoms with Gasteiger partial charge in [-0.05, 0) is 0 Å². The lowest BCUT2D eigenvalue weighted by molar-refractivity contribution is -0.129. The number of anilines is 2. The molecule has 1 aromatic carbocycles. The first-order chi connectivity index (χ1) is 11.9. The number of cyclic esters (lactones) is 1. The van der Waals surface area contributed by atoms with Gasteiger partial charge in [0.25, 0.3) is 0 Å². The van der Waals surface area contributed by atoms with Gasteiger partial charge in [-0.15, -0.1) is 0 Å². The summed E-state index contributed by atoms with van der Waals surface area (Å²) in [4.78, 5) is 27.5. The molecule has 1 atom stereocenters. The summed E-state index contributed by atoms with van der Waals surface area (Å²) in [7, 11) is 0. The first-order valence-corrected chi connectivity index (χ1v) is 8.08. The SMILES string of the molecule is CC(=O)N1CCN(c2c(F)cc(N3C[C@H](CN)OC3=O)cc2F)CC1. The number of piperazine rings is 1. The molecule has 0 radical (unpaired) electrons. The van der Waals surface area contributed by atoms with Crippen LogP contribution in [0.25, 0.3) is 0 Å². The van der Waals surface area contributed by atoms with Crippen LogP contribution in [0.4, 0.5) is 25.0 Å². The predicted octanol–water partition coefficient (Wildman–Crippen LogP) is 0.917. The smallest absolute Gasteiger partial charge is 0.414 e. The molecule has 136 valence electrons. The van der Waals surface area contributed by atoms with Crippen LogP contribution >= 0.6 is 0 Å². The number of rotatable bonds is 3. The lowest BCUT2D eigenvalue weighted by Gasteiger charge is -2.36. The summed E-state index contributed by atoms with van der Waals surface area (Å²) >= 11 is 0. The van der Waals surface area contributed by atoms with Gasteiger partial charge >= 0.3 is 6.09 Å². The van der Waals surface area contributed by atoms with Crippen LogP contribution in [0.15, 0.2) is 12.1 Å². The minimum absolute atomic E-state index is 0.0575. The van der Waals surface area contributed by atoms with E-state index in [0.717, 1.165) is 12.1 Å². The number of hydrogen-bond acceptors (Lipinski definition) is 5. The van der Waals surface area contributed by atoms with Gasteiger partial charge < -0.3 is 20.3 Å². The van der Waals surface area contributed by atoms with E-state index in [-0.39, 0.29) is 30.4 Å². The van der Waals surface area contributed by atoms with Crippen molar-refractivity contribution in [3.63, 3.8) is 0 Å². The van der Waals surface area contributed by atoms with E-state index < -0.39 is 23.8 Å². The highest BCUT2D eigenvalue weighted by atomic mass is 19.1. The van der Waals surface area contributed by atoms with E-state index in [0.29, 0.717) is 26.2 Å². The second-order valence-corrected chi connectivity index (χ2v) is 6.10. The van der Waals surface area contributed by atoms with Gasteiger partial charge in [0.15, 0.2) is 11.6 Å². The van der Waals surface area contributed by atoms with E-state index >= 15 is 0 Å². The molecule has 2 aliphatic rings. The Kier molecular flexibility index (Phi) is 4.76. The Hall–Kier alpha value is -2.42. The molecule has 25 heavy (non-hydrogen) atoms. The van der Waals surface area contributed by atoms with E-state index in [9.17, 15) is 18.4 Å². The summed E-state index contributed by atoms with van der Waals surface area (Å²) in [5, 5.41) is 0. The number of ether oxygens (including phenoxy) is 1. The number of carbonyl (C=O) groups is 2. The van der Waals surface area contributed by atoms with Crippen molar-refractivity contribution in [1.29, 1.82) is 0 Å². The Morgan fingerprint density at radius 2 is 1.84 bits per heavy atom. The van der Waals surface area contributed by atoms with Gasteiger partial charge in [0, 0.05) is 51.8 Å². The Morgan fingerprint density at radius 1 is 1.24 bits per heavy atom. The monoisotopic (exact) mass is 354 g/mol. The molecule has 0 aromatic heterocycles. The van der Waals surface area contributed by atoms with Crippen LogP contribution in [-0.4, -0.2) is 62.3 Å². The van der Waals surface area contributed by atoms with Crippen molar-refractivity contribution >= 4 is 23.4 Å². The van der Waals surface area contributed by atoms with Gasteiger partial charge in [0.05, 0.1) is 12.2 Å². The normalized spacial score (nSPS) is 20.9. The molecule has 0 saturated carbocycles. The van der Waals surface area contributed by atoms with E-state index in [1.54, 1.807) is 9.80 Å². The zero-order chi connectivity index (χ0) is 18.1. The first kappa shape index (κ1) is 17.4. The fourth-order valence-electron chi connectivity index (χ4n) is 3.11. The highest BCUT2D eigenvalue weighted by molar-refractivity contribution is 5.90. The van der Waals surface area contributed by atoms with Crippen molar-refractivity contribution < 1.29 is 23.1 Å². The van der Waals surface area contributed by atoms with Gasteiger partial charge in [0.1, 0.15) is 11.8 Å². The van der Waals surface area contributed by atoms with E-state index in [2.05, 4.69) is 0 Å². The molecule has 2 heterocycles. The average Bonchev–Trinajstić information content (AvgIpc) is 2.95. The average molecular weight is 354 g/mol. The van der Waals surface area contributed by atoms with Gasteiger partial charge in [-0.1, -0.05) is 0 Å². The molecule has 0 bridgehead atoms. The van der Waals surface area contributed by atoms with Crippen molar-refractivity contribution in [1.82, 2.24) is 4.90 Å². The number of amides is 2. The maximum Gasteiger partial charge on any atom is 0.414 e. The van der Waals surface area contributed by atoms with Gasteiger partial charge in [-0.25, -0.2) is 13.6 Å². The van der Waals surface area contributed by atoms with E-state index in [4.69, 9.17) is 10.5 Å². The van der Waals surface area contributed by atoms with Crippen LogP contribution in [0.1, 0.15) is 6.92 Å². The maximum absolute atomic E-state index is 14.5. The van der Waals surface area contributed by atoms with Gasteiger partial charge in [-0.3, -0.25) is 9.69 Å². The largest absolute Gasteiger partial charge is 0.443 e. The van der Waals surface area contributed by atoms with Crippen LogP contribution in [0.2, 0.25) is 0 Å². The van der Waals surface area contributed by atoms with E-state index in [1.807, 2.05) is 0 Å². The van der Waals surface area contributed by atoms with Crippen molar-refractivity contribution in [2.45, 2.75) is 13.0 Å². The second-order valence-electron chi connectivity index (χ2n) is 6.10. The van der Waals surface area contributed by atoms with Crippen molar-refractivity contribution in [2.24, 2.45) is 5.73 Å². The summed E-state index contributed by atoms with van der Waals surface area (Å²) in [5.41, 5.74) is 5.42. The molecule has 0 spiro atoms. The summed E-state index contributed by atoms with van der Waals surface area (Å²) in [5.74, 6) is -1.57. The molecule has 7 nitrogen and oxygen atoms in total. The predicted molar refractivity (Wildman–Crippen MR) is 87.5 cm³/mol. The zero-order valence-electron chi connectivity index (χ0n) is 13.9. The Labute approximate surface area is 143 Å². The third kappa shape index (κ3) is 3.37. The molecule has 2 N–H and O–H groups in total. The molecule has 2 aliphatic heterocycles. The van der Waals surface area contributed by atoms with Crippen LogP contribution in [-0.2, 0) is 9.53 Å². The molecular formula is C16H20F2N4O3. The lowest BCUT2D eigenvalue weighted by Crippen LogP contribution is -2.48. The molecule has 9 heteroatoms. The lowest BCUT2D eigenvalue weighted by atomic mass is 10.2. The summed E-state index contributed by atoms with van der Waals surface area (Å²) in [6.45, 7) is 3.27. The fourth-order valence-corrected chi connectivity index (χ4v) is 3.11. The van der Waals surface area contributed by atoms with Crippen LogP contribution in [0.5, 0.6) is 0 Å². The number of benzene rings is 1. The summed E-state index contributed by atoms with van der Waals surface area (Å²) < 4.78 is 34.1. The van der Waals surface area contributed by atoms with Crippen LogP contribution in [0.3, 0.4) is 0 Å². The molecule has 1 aromatic rings. The number of halogens is 2. The van der Waals surface area contributed by atoms with Gasteiger partial charge in [0.2, 0.25) is 5.91 Å². The molecule has 0 aliphatic carbocycles. The van der Waals surface area contributed by atoms with Crippen molar-refractivity contribution in [3.05, 3.63) is 23.8 Å². The molecule has 2 amide bonds. The van der Waals surface area contributed by atoms with Crippen molar-refractivity contribution in [2.75, 3.05) is 49.1 Å². The van der Waals surface area contributed by atoms with Crippen molar-refractivity contribution in [3.8, 4) is 0 Å². The Balaban J connectivity index is 1.80. The molecule has 3 rings (SSSR count). The highest BCUT2D eigenvalue weighted by Gasteiger charge is 2.33. The highest BCUT2D eigenvalue weighted by Crippen LogP contribution is 2.31. The zero-order valence-corrected chi connectivity index (χ0v) is 13.9. The minimum atomic E-state index is -0.754. The van der Waals surface area contributed by atoms with Crippen LogP contribution < -0.4 is 15.5 Å². The standard InChI is InChI=1S/C16H20F2N4O3/c1-10(23)20-2-4-21(5-3-20)15-13(17)6-11(7-14(15)18)22-9-12(8-19)25-16(22)24/h6-7,12H,2-5,8-9,19H2,1H3/t12-/m0/s1. The van der Waals surface area contributed by atoms with E-state index in [1.165, 1.54) is 11.8 Å². The third-order valence-corrected chi connectivity index (χ3v) is 4.49. The summed E-state index contributed by atoms with van der Waals surface area (Å²) in [6, 6.07) is 2.24. The number of carbonyl (C=O) groups excluding carboxylic acids is 2. The summed E-state index contributed by atoms with van der Waals surface area (Å²) in [6.07, 6.45) is -1.16. The Bertz CT molecular complexity index is 669. The number of nitrogens with zero attached hydrogens (tertiary/aromatic N) is 3. The molecule has 0 unspecified atom stereocenters. The molecular weight excluding hydrogens is 334 g/mol. The second kappa shape index (κ2) is 6.83. The number of hydrogen-bond donors (Lipinski definition) is 1. The molecule has 2 fully saturated rings. The van der Waals surface area contributed by atoms with Crippen LogP contribution in [0, 0.1) is 11.6 Å². The minimum Gasteiger partial charge on any atom is -0.443 e. The maximum atomic E-state index is 14.5. The Morgan fingerprint density at radius 3 is 2.32 bits per heavy atom.